The highest BCUT2D eigenvalue weighted by Gasteiger charge is 2.36. The molecule has 1 atom stereocenters. The summed E-state index contributed by atoms with van der Waals surface area (Å²) in [6.45, 7) is 1.64. The van der Waals surface area contributed by atoms with Gasteiger partial charge in [-0.2, -0.15) is 0 Å². The molecule has 2 aromatic carbocycles. The van der Waals surface area contributed by atoms with Gasteiger partial charge in [0, 0.05) is 41.2 Å². The van der Waals surface area contributed by atoms with E-state index in [9.17, 15) is 4.79 Å². The number of aliphatic hydroxyl groups excluding tert-OH is 1. The molecule has 32 heavy (non-hydrogen) atoms. The molecular formula is C25H27ClN2O4. The highest BCUT2D eigenvalue weighted by atomic mass is 35.5. The first-order valence-electron chi connectivity index (χ1n) is 11.2. The van der Waals surface area contributed by atoms with Gasteiger partial charge in [-0.1, -0.05) is 23.7 Å². The van der Waals surface area contributed by atoms with Gasteiger partial charge in [0.15, 0.2) is 0 Å². The van der Waals surface area contributed by atoms with Crippen molar-refractivity contribution in [1.82, 2.24) is 9.88 Å². The molecule has 2 N–H and O–H groups in total. The number of halogens is 1. The average Bonchev–Trinajstić information content (AvgIpc) is 3.57. The van der Waals surface area contributed by atoms with E-state index < -0.39 is 0 Å². The lowest BCUT2D eigenvalue weighted by atomic mass is 9.92. The van der Waals surface area contributed by atoms with Crippen LogP contribution in [0.4, 0.5) is 4.79 Å². The Hall–Kier alpha value is -2.70. The van der Waals surface area contributed by atoms with Crippen molar-refractivity contribution in [3.8, 4) is 5.75 Å². The molecular weight excluding hydrogens is 428 g/mol. The molecule has 2 aliphatic rings. The molecule has 0 spiro atoms. The molecule has 168 valence electrons. The zero-order chi connectivity index (χ0) is 22.1. The SMILES string of the molecule is O=C(OCC1CC1)N1CCc2c([nH]c3ccc(Cl)cc23)C1c1ccc(OCCCO)cc1. The predicted octanol–water partition coefficient (Wildman–Crippen LogP) is 5.08. The molecule has 7 heteroatoms. The third kappa shape index (κ3) is 4.30. The summed E-state index contributed by atoms with van der Waals surface area (Å²) in [5.41, 5.74) is 4.20. The predicted molar refractivity (Wildman–Crippen MR) is 123 cm³/mol. The smallest absolute Gasteiger partial charge is 0.410 e. The van der Waals surface area contributed by atoms with Gasteiger partial charge >= 0.3 is 6.09 Å². The number of amides is 1. The van der Waals surface area contributed by atoms with Crippen LogP contribution in [-0.4, -0.2) is 47.4 Å². The van der Waals surface area contributed by atoms with Gasteiger partial charge < -0.3 is 19.6 Å². The Labute approximate surface area is 192 Å². The van der Waals surface area contributed by atoms with Crippen LogP contribution in [0.5, 0.6) is 5.75 Å². The number of aromatic amines is 1. The van der Waals surface area contributed by atoms with Crippen LogP contribution in [0.25, 0.3) is 10.9 Å². The Bertz CT molecular complexity index is 1110. The minimum atomic E-state index is -0.275. The summed E-state index contributed by atoms with van der Waals surface area (Å²) in [5, 5.41) is 10.8. The zero-order valence-corrected chi connectivity index (χ0v) is 18.6. The van der Waals surface area contributed by atoms with Crippen LogP contribution in [0.2, 0.25) is 5.02 Å². The maximum Gasteiger partial charge on any atom is 0.410 e. The van der Waals surface area contributed by atoms with Gasteiger partial charge in [0.25, 0.3) is 0 Å². The van der Waals surface area contributed by atoms with E-state index in [1.54, 1.807) is 0 Å². The van der Waals surface area contributed by atoms with E-state index in [1.807, 2.05) is 47.4 Å². The maximum absolute atomic E-state index is 13.1. The number of ether oxygens (including phenoxy) is 2. The van der Waals surface area contributed by atoms with Gasteiger partial charge in [0.05, 0.1) is 13.2 Å². The second-order valence-corrected chi connectivity index (χ2v) is 9.00. The molecule has 0 saturated heterocycles. The van der Waals surface area contributed by atoms with Crippen molar-refractivity contribution in [2.24, 2.45) is 5.92 Å². The fraction of sp³-hybridized carbons (Fsp3) is 0.400. The Morgan fingerprint density at radius 1 is 1.19 bits per heavy atom. The highest BCUT2D eigenvalue weighted by molar-refractivity contribution is 6.31. The van der Waals surface area contributed by atoms with Crippen molar-refractivity contribution < 1.29 is 19.4 Å². The lowest BCUT2D eigenvalue weighted by molar-refractivity contribution is 0.0852. The van der Waals surface area contributed by atoms with E-state index in [4.69, 9.17) is 26.2 Å². The molecule has 1 aromatic heterocycles. The second kappa shape index (κ2) is 9.04. The van der Waals surface area contributed by atoms with Gasteiger partial charge in [0.1, 0.15) is 11.8 Å². The van der Waals surface area contributed by atoms with E-state index in [0.717, 1.165) is 47.2 Å². The largest absolute Gasteiger partial charge is 0.494 e. The van der Waals surface area contributed by atoms with Crippen LogP contribution in [0.15, 0.2) is 42.5 Å². The fourth-order valence-electron chi connectivity index (χ4n) is 4.36. The Morgan fingerprint density at radius 2 is 2.00 bits per heavy atom. The van der Waals surface area contributed by atoms with E-state index in [-0.39, 0.29) is 18.7 Å². The molecule has 1 fully saturated rings. The molecule has 1 saturated carbocycles. The molecule has 2 heterocycles. The molecule has 1 aliphatic carbocycles. The third-order valence-corrected chi connectivity index (χ3v) is 6.47. The molecule has 0 radical (unpaired) electrons. The van der Waals surface area contributed by atoms with Crippen LogP contribution in [0.3, 0.4) is 0 Å². The number of aliphatic hydroxyl groups is 1. The Balaban J connectivity index is 1.48. The lowest BCUT2D eigenvalue weighted by Crippen LogP contribution is -2.41. The number of aromatic nitrogens is 1. The van der Waals surface area contributed by atoms with Crippen molar-refractivity contribution in [3.63, 3.8) is 0 Å². The standard InChI is InChI=1S/C25H27ClN2O4/c26-18-6-9-22-21(14-18)20-10-11-28(25(30)32-15-16-2-3-16)24(23(20)27-22)17-4-7-19(8-5-17)31-13-1-12-29/h4-9,14,16,24,27,29H,1-3,10-13,15H2. The first-order chi connectivity index (χ1) is 15.6. The van der Waals surface area contributed by atoms with Crippen LogP contribution in [-0.2, 0) is 11.2 Å². The van der Waals surface area contributed by atoms with Crippen LogP contribution in [0, 0.1) is 5.92 Å². The topological polar surface area (TPSA) is 74.8 Å². The first-order valence-corrected chi connectivity index (χ1v) is 11.6. The van der Waals surface area contributed by atoms with Gasteiger partial charge in [-0.05, 0) is 66.6 Å². The monoisotopic (exact) mass is 454 g/mol. The average molecular weight is 455 g/mol. The van der Waals surface area contributed by atoms with Gasteiger partial charge in [-0.3, -0.25) is 4.90 Å². The number of carbonyl (C=O) groups is 1. The van der Waals surface area contributed by atoms with Crippen LogP contribution < -0.4 is 4.74 Å². The van der Waals surface area contributed by atoms with E-state index in [0.29, 0.717) is 37.1 Å². The first kappa shape index (κ1) is 21.2. The van der Waals surface area contributed by atoms with Crippen LogP contribution >= 0.6 is 11.6 Å². The minimum Gasteiger partial charge on any atom is -0.494 e. The third-order valence-electron chi connectivity index (χ3n) is 6.23. The molecule has 6 nitrogen and oxygen atoms in total. The Morgan fingerprint density at radius 3 is 2.75 bits per heavy atom. The Kier molecular flexibility index (Phi) is 5.98. The van der Waals surface area contributed by atoms with Gasteiger partial charge in [-0.15, -0.1) is 0 Å². The maximum atomic E-state index is 13.1. The van der Waals surface area contributed by atoms with Crippen molar-refractivity contribution >= 4 is 28.6 Å². The summed E-state index contributed by atoms with van der Waals surface area (Å²) >= 11 is 6.27. The van der Waals surface area contributed by atoms with Crippen molar-refractivity contribution in [1.29, 1.82) is 0 Å². The molecule has 1 aliphatic heterocycles. The van der Waals surface area contributed by atoms with Gasteiger partial charge in [-0.25, -0.2) is 4.79 Å². The number of hydrogen-bond donors (Lipinski definition) is 2. The summed E-state index contributed by atoms with van der Waals surface area (Å²) in [4.78, 5) is 18.4. The number of nitrogens with one attached hydrogen (secondary N) is 1. The molecule has 5 rings (SSSR count). The van der Waals surface area contributed by atoms with E-state index >= 15 is 0 Å². The number of carbonyl (C=O) groups excluding carboxylic acids is 1. The number of nitrogens with zero attached hydrogens (tertiary/aromatic N) is 1. The van der Waals surface area contributed by atoms with Crippen LogP contribution in [0.1, 0.15) is 42.1 Å². The number of fused-ring (bicyclic) bond motifs is 3. The summed E-state index contributed by atoms with van der Waals surface area (Å²) in [5.74, 6) is 1.26. The van der Waals surface area contributed by atoms with E-state index in [1.165, 1.54) is 5.56 Å². The minimum absolute atomic E-state index is 0.102. The lowest BCUT2D eigenvalue weighted by Gasteiger charge is -2.35. The number of benzene rings is 2. The number of rotatable bonds is 7. The highest BCUT2D eigenvalue weighted by Crippen LogP contribution is 2.40. The van der Waals surface area contributed by atoms with E-state index in [2.05, 4.69) is 4.98 Å². The van der Waals surface area contributed by atoms with Crippen molar-refractivity contribution in [2.75, 3.05) is 26.4 Å². The molecule has 0 bridgehead atoms. The fourth-order valence-corrected chi connectivity index (χ4v) is 4.53. The van der Waals surface area contributed by atoms with Gasteiger partial charge in [0.2, 0.25) is 0 Å². The summed E-state index contributed by atoms with van der Waals surface area (Å²) in [7, 11) is 0. The number of H-pyrrole nitrogens is 1. The van der Waals surface area contributed by atoms with Crippen molar-refractivity contribution in [3.05, 3.63) is 64.3 Å². The molecule has 1 amide bonds. The zero-order valence-electron chi connectivity index (χ0n) is 17.9. The van der Waals surface area contributed by atoms with Crippen molar-refractivity contribution in [2.45, 2.75) is 31.7 Å². The summed E-state index contributed by atoms with van der Waals surface area (Å²) < 4.78 is 11.3. The summed E-state index contributed by atoms with van der Waals surface area (Å²) in [6, 6.07) is 13.4. The number of hydrogen-bond acceptors (Lipinski definition) is 4. The quantitative estimate of drug-likeness (QED) is 0.488. The second-order valence-electron chi connectivity index (χ2n) is 8.57. The molecule has 1 unspecified atom stereocenters. The molecule has 3 aromatic rings. The summed E-state index contributed by atoms with van der Waals surface area (Å²) in [6.07, 6.45) is 3.34. The normalized spacial score (nSPS) is 17.9.